The highest BCUT2D eigenvalue weighted by atomic mass is 32.2. The van der Waals surface area contributed by atoms with Gasteiger partial charge in [-0.15, -0.1) is 0 Å². The average molecular weight is 229 g/mol. The van der Waals surface area contributed by atoms with E-state index in [1.165, 1.54) is 6.07 Å². The van der Waals surface area contributed by atoms with Crippen molar-refractivity contribution in [3.05, 3.63) is 29.8 Å². The van der Waals surface area contributed by atoms with Gasteiger partial charge in [-0.25, -0.2) is 13.6 Å². The van der Waals surface area contributed by atoms with Crippen molar-refractivity contribution in [2.75, 3.05) is 0 Å². The molecule has 0 amide bonds. The number of nitrogens with two attached hydrogens (primary N) is 1. The molecule has 84 valence electrons. The Kier molecular flexibility index (Phi) is 3.84. The summed E-state index contributed by atoms with van der Waals surface area (Å²) >= 11 is 0. The van der Waals surface area contributed by atoms with Crippen molar-refractivity contribution in [3.63, 3.8) is 0 Å². The summed E-state index contributed by atoms with van der Waals surface area (Å²) < 4.78 is 22.4. The monoisotopic (exact) mass is 229 g/mol. The molecule has 0 saturated carbocycles. The lowest BCUT2D eigenvalue weighted by molar-refractivity contribution is 0.170. The van der Waals surface area contributed by atoms with Gasteiger partial charge < -0.3 is 5.11 Å². The van der Waals surface area contributed by atoms with Crippen LogP contribution in [0.25, 0.3) is 0 Å². The highest BCUT2D eigenvalue weighted by Crippen LogP contribution is 2.16. The van der Waals surface area contributed by atoms with Crippen LogP contribution in [-0.4, -0.2) is 19.6 Å². The Labute approximate surface area is 89.8 Å². The third-order valence-electron chi connectivity index (χ3n) is 2.21. The normalized spacial score (nSPS) is 13.8. The molecule has 15 heavy (non-hydrogen) atoms. The van der Waals surface area contributed by atoms with E-state index in [2.05, 4.69) is 0 Å². The second-order valence-corrected chi connectivity index (χ2v) is 4.95. The number of rotatable bonds is 4. The summed E-state index contributed by atoms with van der Waals surface area (Å²) in [6, 6.07) is 6.46. The van der Waals surface area contributed by atoms with E-state index in [4.69, 9.17) is 5.14 Å². The lowest BCUT2D eigenvalue weighted by Crippen LogP contribution is -2.17. The minimum Gasteiger partial charge on any atom is -0.393 e. The van der Waals surface area contributed by atoms with Gasteiger partial charge in [0.2, 0.25) is 10.0 Å². The predicted molar refractivity (Wildman–Crippen MR) is 57.8 cm³/mol. The quantitative estimate of drug-likeness (QED) is 0.795. The molecule has 0 radical (unpaired) electrons. The molecule has 0 heterocycles. The highest BCUT2D eigenvalue weighted by molar-refractivity contribution is 7.89. The number of sulfonamides is 1. The van der Waals surface area contributed by atoms with E-state index in [9.17, 15) is 13.5 Å². The van der Waals surface area contributed by atoms with Crippen LogP contribution in [0, 0.1) is 0 Å². The maximum atomic E-state index is 11.2. The minimum atomic E-state index is -3.70. The standard InChI is InChI=1S/C10H15NO3S/c1-2-9(12)7-8-5-3-4-6-10(8)15(11,13)14/h3-6,9,12H,2,7H2,1H3,(H2,11,13,14). The van der Waals surface area contributed by atoms with Gasteiger partial charge in [0, 0.05) is 0 Å². The van der Waals surface area contributed by atoms with Gasteiger partial charge in [0.05, 0.1) is 11.0 Å². The largest absolute Gasteiger partial charge is 0.393 e. The lowest BCUT2D eigenvalue weighted by Gasteiger charge is -2.10. The number of aliphatic hydroxyl groups is 1. The van der Waals surface area contributed by atoms with E-state index in [-0.39, 0.29) is 4.90 Å². The molecule has 1 aromatic carbocycles. The molecule has 1 unspecified atom stereocenters. The van der Waals surface area contributed by atoms with E-state index in [0.717, 1.165) is 0 Å². The molecule has 0 aromatic heterocycles. The summed E-state index contributed by atoms with van der Waals surface area (Å²) in [5.41, 5.74) is 0.564. The molecule has 4 nitrogen and oxygen atoms in total. The molecule has 0 spiro atoms. The Morgan fingerprint density at radius 3 is 2.53 bits per heavy atom. The molecule has 0 saturated heterocycles. The Morgan fingerprint density at radius 1 is 1.40 bits per heavy atom. The Hall–Kier alpha value is -0.910. The molecule has 0 aliphatic rings. The zero-order valence-electron chi connectivity index (χ0n) is 8.55. The summed E-state index contributed by atoms with van der Waals surface area (Å²) in [5.74, 6) is 0. The van der Waals surface area contributed by atoms with Gasteiger partial charge in [-0.05, 0) is 24.5 Å². The first-order chi connectivity index (χ1) is 6.95. The fourth-order valence-electron chi connectivity index (χ4n) is 1.35. The van der Waals surface area contributed by atoms with Crippen LogP contribution in [0.15, 0.2) is 29.2 Å². The van der Waals surface area contributed by atoms with Gasteiger partial charge in [-0.2, -0.15) is 0 Å². The second kappa shape index (κ2) is 4.74. The first kappa shape index (κ1) is 12.2. The number of hydrogen-bond acceptors (Lipinski definition) is 3. The topological polar surface area (TPSA) is 80.4 Å². The molecule has 0 aliphatic carbocycles. The number of aliphatic hydroxyl groups excluding tert-OH is 1. The Bertz CT molecular complexity index is 428. The van der Waals surface area contributed by atoms with Crippen LogP contribution in [0.2, 0.25) is 0 Å². The first-order valence-electron chi connectivity index (χ1n) is 4.74. The van der Waals surface area contributed by atoms with Crippen molar-refractivity contribution < 1.29 is 13.5 Å². The van der Waals surface area contributed by atoms with Gasteiger partial charge >= 0.3 is 0 Å². The first-order valence-corrected chi connectivity index (χ1v) is 6.28. The Balaban J connectivity index is 3.08. The summed E-state index contributed by atoms with van der Waals surface area (Å²) in [5, 5.41) is 14.5. The predicted octanol–water partition coefficient (Wildman–Crippen LogP) is 0.647. The summed E-state index contributed by atoms with van der Waals surface area (Å²) in [6.45, 7) is 1.84. The molecular weight excluding hydrogens is 214 g/mol. The maximum absolute atomic E-state index is 11.2. The van der Waals surface area contributed by atoms with Crippen molar-refractivity contribution in [2.45, 2.75) is 30.8 Å². The molecule has 0 aliphatic heterocycles. The van der Waals surface area contributed by atoms with Crippen molar-refractivity contribution in [2.24, 2.45) is 5.14 Å². The summed E-state index contributed by atoms with van der Waals surface area (Å²) in [7, 11) is -3.70. The van der Waals surface area contributed by atoms with Crippen molar-refractivity contribution in [1.82, 2.24) is 0 Å². The van der Waals surface area contributed by atoms with E-state index in [1.54, 1.807) is 18.2 Å². The van der Waals surface area contributed by atoms with Crippen molar-refractivity contribution >= 4 is 10.0 Å². The van der Waals surface area contributed by atoms with Gasteiger partial charge in [0.15, 0.2) is 0 Å². The van der Waals surface area contributed by atoms with Crippen LogP contribution in [0.3, 0.4) is 0 Å². The lowest BCUT2D eigenvalue weighted by atomic mass is 10.1. The number of benzene rings is 1. The van der Waals surface area contributed by atoms with Gasteiger partial charge in [0.25, 0.3) is 0 Å². The third-order valence-corrected chi connectivity index (χ3v) is 3.22. The SMILES string of the molecule is CCC(O)Cc1ccccc1S(N)(=O)=O. The van der Waals surface area contributed by atoms with Crippen molar-refractivity contribution in [1.29, 1.82) is 0 Å². The van der Waals surface area contributed by atoms with Gasteiger partial charge in [-0.1, -0.05) is 25.1 Å². The van der Waals surface area contributed by atoms with Crippen LogP contribution < -0.4 is 5.14 Å². The molecule has 3 N–H and O–H groups in total. The molecule has 1 rings (SSSR count). The maximum Gasteiger partial charge on any atom is 0.238 e. The van der Waals surface area contributed by atoms with Crippen LogP contribution in [-0.2, 0) is 16.4 Å². The number of hydrogen-bond donors (Lipinski definition) is 2. The fraction of sp³-hybridized carbons (Fsp3) is 0.400. The van der Waals surface area contributed by atoms with E-state index in [1.807, 2.05) is 6.92 Å². The molecular formula is C10H15NO3S. The summed E-state index contributed by atoms with van der Waals surface area (Å²) in [4.78, 5) is 0.0949. The summed E-state index contributed by atoms with van der Waals surface area (Å²) in [6.07, 6.45) is 0.357. The smallest absolute Gasteiger partial charge is 0.238 e. The van der Waals surface area contributed by atoms with Crippen molar-refractivity contribution in [3.8, 4) is 0 Å². The molecule has 5 heteroatoms. The van der Waals surface area contributed by atoms with E-state index >= 15 is 0 Å². The number of primary sulfonamides is 1. The van der Waals surface area contributed by atoms with Crippen LogP contribution in [0.5, 0.6) is 0 Å². The van der Waals surface area contributed by atoms with E-state index < -0.39 is 16.1 Å². The minimum absolute atomic E-state index is 0.0949. The average Bonchev–Trinajstić information content (AvgIpc) is 2.17. The van der Waals surface area contributed by atoms with Crippen LogP contribution in [0.1, 0.15) is 18.9 Å². The molecule has 1 atom stereocenters. The zero-order valence-corrected chi connectivity index (χ0v) is 9.37. The molecule has 0 fully saturated rings. The van der Waals surface area contributed by atoms with Crippen LogP contribution >= 0.6 is 0 Å². The third kappa shape index (κ3) is 3.30. The zero-order chi connectivity index (χ0) is 11.5. The highest BCUT2D eigenvalue weighted by Gasteiger charge is 2.14. The second-order valence-electron chi connectivity index (χ2n) is 3.42. The fourth-order valence-corrected chi connectivity index (χ4v) is 2.13. The Morgan fingerprint density at radius 2 is 2.00 bits per heavy atom. The van der Waals surface area contributed by atoms with Gasteiger partial charge in [-0.3, -0.25) is 0 Å². The molecule has 0 bridgehead atoms. The van der Waals surface area contributed by atoms with Gasteiger partial charge in [0.1, 0.15) is 0 Å². The molecule has 1 aromatic rings. The van der Waals surface area contributed by atoms with Crippen LogP contribution in [0.4, 0.5) is 0 Å². The van der Waals surface area contributed by atoms with E-state index in [0.29, 0.717) is 18.4 Å².